The Morgan fingerprint density at radius 1 is 1.29 bits per heavy atom. The molecule has 1 heterocycles. The first-order valence-electron chi connectivity index (χ1n) is 5.78. The Labute approximate surface area is 99.0 Å². The molecule has 1 aromatic carbocycles. The summed E-state index contributed by atoms with van der Waals surface area (Å²) in [4.78, 5) is 12.2. The Kier molecular flexibility index (Phi) is 3.24. The van der Waals surface area contributed by atoms with Crippen LogP contribution in [0.1, 0.15) is 36.5 Å². The van der Waals surface area contributed by atoms with E-state index in [4.69, 9.17) is 0 Å². The molecule has 1 fully saturated rings. The zero-order valence-electron chi connectivity index (χ0n) is 9.72. The number of carbonyl (C=O) groups is 1. The first-order chi connectivity index (χ1) is 8.03. The standard InChI is InChI=1S/C13H15F2NO/c1-13(6-2-3-7-16-13)12(17)9-4-5-10(14)11(15)8-9/h4-5,8,16H,2-3,6-7H2,1H3. The quantitative estimate of drug-likeness (QED) is 0.804. The molecule has 92 valence electrons. The van der Waals surface area contributed by atoms with E-state index >= 15 is 0 Å². The van der Waals surface area contributed by atoms with Crippen molar-refractivity contribution < 1.29 is 13.6 Å². The molecule has 1 N–H and O–H groups in total. The van der Waals surface area contributed by atoms with Crippen molar-refractivity contribution in [3.8, 4) is 0 Å². The maximum absolute atomic E-state index is 13.1. The topological polar surface area (TPSA) is 29.1 Å². The minimum absolute atomic E-state index is 0.170. The largest absolute Gasteiger partial charge is 0.305 e. The molecular formula is C13H15F2NO. The molecule has 1 aliphatic heterocycles. The maximum Gasteiger partial charge on any atom is 0.182 e. The van der Waals surface area contributed by atoms with Gasteiger partial charge in [0.1, 0.15) is 0 Å². The van der Waals surface area contributed by atoms with Crippen LogP contribution in [0.3, 0.4) is 0 Å². The maximum atomic E-state index is 13.1. The number of Topliss-reactive ketones (excluding diaryl/α,β-unsaturated/α-hetero) is 1. The van der Waals surface area contributed by atoms with Crippen molar-refractivity contribution in [3.63, 3.8) is 0 Å². The molecule has 0 aromatic heterocycles. The molecule has 0 bridgehead atoms. The molecule has 4 heteroatoms. The number of rotatable bonds is 2. The lowest BCUT2D eigenvalue weighted by Gasteiger charge is -2.33. The minimum Gasteiger partial charge on any atom is -0.305 e. The zero-order valence-corrected chi connectivity index (χ0v) is 9.72. The van der Waals surface area contributed by atoms with Gasteiger partial charge in [-0.05, 0) is 50.9 Å². The first-order valence-corrected chi connectivity index (χ1v) is 5.78. The highest BCUT2D eigenvalue weighted by molar-refractivity contribution is 6.03. The van der Waals surface area contributed by atoms with Gasteiger partial charge in [0.15, 0.2) is 17.4 Å². The van der Waals surface area contributed by atoms with E-state index in [1.165, 1.54) is 6.07 Å². The molecule has 1 aromatic rings. The van der Waals surface area contributed by atoms with Gasteiger partial charge in [0.25, 0.3) is 0 Å². The van der Waals surface area contributed by atoms with Crippen LogP contribution in [0.2, 0.25) is 0 Å². The number of hydrogen-bond donors (Lipinski definition) is 1. The van der Waals surface area contributed by atoms with Crippen molar-refractivity contribution in [1.82, 2.24) is 5.32 Å². The molecule has 0 aliphatic carbocycles. The summed E-state index contributed by atoms with van der Waals surface area (Å²) in [6, 6.07) is 3.30. The summed E-state index contributed by atoms with van der Waals surface area (Å²) < 4.78 is 25.9. The van der Waals surface area contributed by atoms with E-state index in [0.29, 0.717) is 0 Å². The van der Waals surface area contributed by atoms with Crippen molar-refractivity contribution in [2.75, 3.05) is 6.54 Å². The van der Waals surface area contributed by atoms with Crippen molar-refractivity contribution >= 4 is 5.78 Å². The minimum atomic E-state index is -0.977. The summed E-state index contributed by atoms with van der Waals surface area (Å²) >= 11 is 0. The van der Waals surface area contributed by atoms with Crippen LogP contribution in [-0.2, 0) is 0 Å². The van der Waals surface area contributed by atoms with Crippen molar-refractivity contribution in [2.45, 2.75) is 31.7 Å². The third-order valence-corrected chi connectivity index (χ3v) is 3.30. The first kappa shape index (κ1) is 12.2. The third-order valence-electron chi connectivity index (χ3n) is 3.30. The van der Waals surface area contributed by atoms with Crippen LogP contribution in [-0.4, -0.2) is 17.9 Å². The lowest BCUT2D eigenvalue weighted by Crippen LogP contribution is -2.52. The van der Waals surface area contributed by atoms with Gasteiger partial charge in [-0.3, -0.25) is 4.79 Å². The Morgan fingerprint density at radius 3 is 2.65 bits per heavy atom. The summed E-state index contributed by atoms with van der Waals surface area (Å²) in [5.74, 6) is -2.07. The molecule has 0 spiro atoms. The monoisotopic (exact) mass is 239 g/mol. The fraction of sp³-hybridized carbons (Fsp3) is 0.462. The second-order valence-electron chi connectivity index (χ2n) is 4.67. The fourth-order valence-electron chi connectivity index (χ4n) is 2.21. The molecular weight excluding hydrogens is 224 g/mol. The number of hydrogen-bond acceptors (Lipinski definition) is 2. The van der Waals surface area contributed by atoms with Gasteiger partial charge < -0.3 is 5.32 Å². The molecule has 2 nitrogen and oxygen atoms in total. The second kappa shape index (κ2) is 4.53. The van der Waals surface area contributed by atoms with Crippen LogP contribution >= 0.6 is 0 Å². The molecule has 2 rings (SSSR count). The lowest BCUT2D eigenvalue weighted by atomic mass is 9.84. The van der Waals surface area contributed by atoms with Gasteiger partial charge >= 0.3 is 0 Å². The van der Waals surface area contributed by atoms with E-state index in [1.807, 2.05) is 6.92 Å². The van der Waals surface area contributed by atoms with Gasteiger partial charge in [-0.25, -0.2) is 8.78 Å². The van der Waals surface area contributed by atoms with Gasteiger partial charge in [-0.1, -0.05) is 0 Å². The van der Waals surface area contributed by atoms with Crippen LogP contribution in [0.4, 0.5) is 8.78 Å². The van der Waals surface area contributed by atoms with Gasteiger partial charge in [-0.2, -0.15) is 0 Å². The van der Waals surface area contributed by atoms with E-state index in [1.54, 1.807) is 0 Å². The number of nitrogens with one attached hydrogen (secondary N) is 1. The van der Waals surface area contributed by atoms with Crippen LogP contribution in [0.15, 0.2) is 18.2 Å². The van der Waals surface area contributed by atoms with Crippen molar-refractivity contribution in [1.29, 1.82) is 0 Å². The Hall–Kier alpha value is -1.29. The van der Waals surface area contributed by atoms with Gasteiger partial charge in [0.05, 0.1) is 5.54 Å². The smallest absolute Gasteiger partial charge is 0.182 e. The van der Waals surface area contributed by atoms with Crippen LogP contribution in [0, 0.1) is 11.6 Å². The van der Waals surface area contributed by atoms with E-state index in [9.17, 15) is 13.6 Å². The number of piperidine rings is 1. The Balaban J connectivity index is 2.26. The highest BCUT2D eigenvalue weighted by Crippen LogP contribution is 2.24. The highest BCUT2D eigenvalue weighted by atomic mass is 19.2. The highest BCUT2D eigenvalue weighted by Gasteiger charge is 2.34. The Bertz CT molecular complexity index is 439. The molecule has 1 aliphatic rings. The fourth-order valence-corrected chi connectivity index (χ4v) is 2.21. The number of benzene rings is 1. The third kappa shape index (κ3) is 2.36. The summed E-state index contributed by atoms with van der Waals surface area (Å²) in [7, 11) is 0. The van der Waals surface area contributed by atoms with E-state index in [2.05, 4.69) is 5.32 Å². The average Bonchev–Trinajstić information content (AvgIpc) is 2.33. The van der Waals surface area contributed by atoms with E-state index in [-0.39, 0.29) is 11.3 Å². The lowest BCUT2D eigenvalue weighted by molar-refractivity contribution is 0.0834. The normalized spacial score (nSPS) is 24.6. The zero-order chi connectivity index (χ0) is 12.5. The molecule has 0 radical (unpaired) electrons. The molecule has 1 unspecified atom stereocenters. The molecule has 1 saturated heterocycles. The van der Waals surface area contributed by atoms with Gasteiger partial charge in [0.2, 0.25) is 0 Å². The average molecular weight is 239 g/mol. The molecule has 17 heavy (non-hydrogen) atoms. The van der Waals surface area contributed by atoms with Crippen molar-refractivity contribution in [2.24, 2.45) is 0 Å². The van der Waals surface area contributed by atoms with Gasteiger partial charge in [0, 0.05) is 5.56 Å². The summed E-state index contributed by atoms with van der Waals surface area (Å²) in [6.45, 7) is 2.60. The summed E-state index contributed by atoms with van der Waals surface area (Å²) in [5, 5.41) is 3.16. The van der Waals surface area contributed by atoms with E-state index < -0.39 is 17.2 Å². The Morgan fingerprint density at radius 2 is 2.06 bits per heavy atom. The molecule has 0 saturated carbocycles. The summed E-state index contributed by atoms with van der Waals surface area (Å²) in [5.41, 5.74) is -0.427. The van der Waals surface area contributed by atoms with Crippen LogP contribution < -0.4 is 5.32 Å². The predicted molar refractivity (Wildman–Crippen MR) is 60.9 cm³/mol. The summed E-state index contributed by atoms with van der Waals surface area (Å²) in [6.07, 6.45) is 2.74. The second-order valence-corrected chi connectivity index (χ2v) is 4.67. The number of ketones is 1. The predicted octanol–water partition coefficient (Wildman–Crippen LogP) is 2.68. The number of carbonyl (C=O) groups excluding carboxylic acids is 1. The van der Waals surface area contributed by atoms with Gasteiger partial charge in [-0.15, -0.1) is 0 Å². The van der Waals surface area contributed by atoms with Crippen molar-refractivity contribution in [3.05, 3.63) is 35.4 Å². The van der Waals surface area contributed by atoms with E-state index in [0.717, 1.165) is 37.9 Å². The molecule has 1 atom stereocenters. The SMILES string of the molecule is CC1(C(=O)c2ccc(F)c(F)c2)CCCCN1. The van der Waals surface area contributed by atoms with Crippen LogP contribution in [0.5, 0.6) is 0 Å². The molecule has 0 amide bonds. The number of halogens is 2. The van der Waals surface area contributed by atoms with Crippen LogP contribution in [0.25, 0.3) is 0 Å².